The van der Waals surface area contributed by atoms with E-state index in [9.17, 15) is 14.4 Å². The maximum atomic E-state index is 12.9. The van der Waals surface area contributed by atoms with E-state index < -0.39 is 0 Å². The van der Waals surface area contributed by atoms with Gasteiger partial charge in [0, 0.05) is 38.2 Å². The van der Waals surface area contributed by atoms with Crippen LogP contribution in [0.4, 0.5) is 0 Å². The molecule has 0 N–H and O–H groups in total. The van der Waals surface area contributed by atoms with Crippen molar-refractivity contribution in [3.8, 4) is 0 Å². The van der Waals surface area contributed by atoms with Crippen molar-refractivity contribution in [2.75, 3.05) is 26.2 Å². The number of rotatable bonds is 5. The molecule has 2 heterocycles. The Balaban J connectivity index is 1.66. The third-order valence-corrected chi connectivity index (χ3v) is 5.05. The molecule has 1 aromatic rings. The van der Waals surface area contributed by atoms with E-state index in [2.05, 4.69) is 0 Å². The summed E-state index contributed by atoms with van der Waals surface area (Å²) < 4.78 is 5.10. The van der Waals surface area contributed by atoms with Crippen LogP contribution in [0.2, 0.25) is 0 Å². The molecule has 2 saturated heterocycles. The van der Waals surface area contributed by atoms with E-state index in [1.54, 1.807) is 17.9 Å². The van der Waals surface area contributed by atoms with Crippen LogP contribution >= 0.6 is 0 Å². The van der Waals surface area contributed by atoms with Crippen LogP contribution in [0.5, 0.6) is 0 Å². The molecule has 6 nitrogen and oxygen atoms in total. The van der Waals surface area contributed by atoms with E-state index in [0.29, 0.717) is 38.2 Å². The van der Waals surface area contributed by atoms with Gasteiger partial charge in [0.15, 0.2) is 0 Å². The lowest BCUT2D eigenvalue weighted by Gasteiger charge is -2.31. The predicted octanol–water partition coefficient (Wildman–Crippen LogP) is 2.22. The van der Waals surface area contributed by atoms with E-state index in [-0.39, 0.29) is 23.7 Å². The number of esters is 1. The number of carbonyl (C=O) groups is 3. The fourth-order valence-electron chi connectivity index (χ4n) is 3.69. The molecule has 0 bridgehead atoms. The maximum absolute atomic E-state index is 12.9. The Morgan fingerprint density at radius 1 is 1.23 bits per heavy atom. The molecule has 26 heavy (non-hydrogen) atoms. The third-order valence-electron chi connectivity index (χ3n) is 5.05. The Hall–Kier alpha value is -2.37. The van der Waals surface area contributed by atoms with Crippen LogP contribution in [0.15, 0.2) is 24.3 Å². The third kappa shape index (κ3) is 4.23. The van der Waals surface area contributed by atoms with Gasteiger partial charge in [0.25, 0.3) is 5.91 Å². The Bertz CT molecular complexity index is 688. The van der Waals surface area contributed by atoms with Crippen LogP contribution in [0.1, 0.15) is 48.5 Å². The number of carbonyl (C=O) groups excluding carboxylic acids is 3. The minimum atomic E-state index is -0.238. The van der Waals surface area contributed by atoms with Crippen LogP contribution in [-0.2, 0) is 20.9 Å². The first-order valence-electron chi connectivity index (χ1n) is 9.41. The number of ether oxygens (including phenoxy) is 1. The molecular formula is C20H26N2O4. The molecule has 0 spiro atoms. The zero-order valence-corrected chi connectivity index (χ0v) is 15.3. The van der Waals surface area contributed by atoms with Crippen molar-refractivity contribution in [3.63, 3.8) is 0 Å². The highest BCUT2D eigenvalue weighted by molar-refractivity contribution is 5.94. The lowest BCUT2D eigenvalue weighted by Crippen LogP contribution is -2.42. The summed E-state index contributed by atoms with van der Waals surface area (Å²) in [5.74, 6) is -0.340. The molecular weight excluding hydrogens is 332 g/mol. The van der Waals surface area contributed by atoms with Gasteiger partial charge in [-0.1, -0.05) is 12.1 Å². The second-order valence-electron chi connectivity index (χ2n) is 6.96. The SMILES string of the molecule is CCOC(=O)C1CCCN(C(=O)c2cccc(CN3CCCC3=O)c2)C1. The predicted molar refractivity (Wildman–Crippen MR) is 96.4 cm³/mol. The van der Waals surface area contributed by atoms with Crippen LogP contribution < -0.4 is 0 Å². The van der Waals surface area contributed by atoms with Crippen LogP contribution in [0.3, 0.4) is 0 Å². The van der Waals surface area contributed by atoms with Crippen LogP contribution in [-0.4, -0.2) is 53.8 Å². The molecule has 140 valence electrons. The van der Waals surface area contributed by atoms with Gasteiger partial charge < -0.3 is 14.5 Å². The summed E-state index contributed by atoms with van der Waals surface area (Å²) in [4.78, 5) is 40.2. The van der Waals surface area contributed by atoms with Crippen molar-refractivity contribution in [2.24, 2.45) is 5.92 Å². The smallest absolute Gasteiger partial charge is 0.310 e. The zero-order valence-electron chi connectivity index (χ0n) is 15.3. The first-order valence-corrected chi connectivity index (χ1v) is 9.41. The van der Waals surface area contributed by atoms with Crippen molar-refractivity contribution in [2.45, 2.75) is 39.2 Å². The molecule has 3 rings (SSSR count). The van der Waals surface area contributed by atoms with Gasteiger partial charge in [0.1, 0.15) is 0 Å². The number of benzene rings is 1. The maximum Gasteiger partial charge on any atom is 0.310 e. The molecule has 1 aromatic carbocycles. The lowest BCUT2D eigenvalue weighted by atomic mass is 9.97. The Labute approximate surface area is 154 Å². The summed E-state index contributed by atoms with van der Waals surface area (Å²) in [6.45, 7) is 4.55. The summed E-state index contributed by atoms with van der Waals surface area (Å²) in [5, 5.41) is 0. The van der Waals surface area contributed by atoms with Gasteiger partial charge in [0.05, 0.1) is 12.5 Å². The fourth-order valence-corrected chi connectivity index (χ4v) is 3.69. The minimum Gasteiger partial charge on any atom is -0.466 e. The average molecular weight is 358 g/mol. The standard InChI is InChI=1S/C20H26N2O4/c1-2-26-20(25)17-8-4-11-22(14-17)19(24)16-7-3-6-15(12-16)13-21-10-5-9-18(21)23/h3,6-7,12,17H,2,4-5,8-11,13-14H2,1H3. The van der Waals surface area contributed by atoms with Gasteiger partial charge in [-0.05, 0) is 43.9 Å². The van der Waals surface area contributed by atoms with Gasteiger partial charge in [-0.15, -0.1) is 0 Å². The molecule has 0 radical (unpaired) electrons. The molecule has 2 aliphatic rings. The van der Waals surface area contributed by atoms with Crippen molar-refractivity contribution in [1.82, 2.24) is 9.80 Å². The van der Waals surface area contributed by atoms with E-state index in [1.165, 1.54) is 0 Å². The monoisotopic (exact) mass is 358 g/mol. The largest absolute Gasteiger partial charge is 0.466 e. The molecule has 0 saturated carbocycles. The highest BCUT2D eigenvalue weighted by Crippen LogP contribution is 2.21. The minimum absolute atomic E-state index is 0.0615. The Morgan fingerprint density at radius 3 is 2.81 bits per heavy atom. The first kappa shape index (κ1) is 18.4. The summed E-state index contributed by atoms with van der Waals surface area (Å²) in [6.07, 6.45) is 3.08. The summed E-state index contributed by atoms with van der Waals surface area (Å²) >= 11 is 0. The molecule has 1 atom stereocenters. The highest BCUT2D eigenvalue weighted by atomic mass is 16.5. The van der Waals surface area contributed by atoms with E-state index >= 15 is 0 Å². The Morgan fingerprint density at radius 2 is 2.08 bits per heavy atom. The Kier molecular flexibility index (Phi) is 5.91. The second kappa shape index (κ2) is 8.34. The van der Waals surface area contributed by atoms with Crippen molar-refractivity contribution in [1.29, 1.82) is 0 Å². The van der Waals surface area contributed by atoms with Gasteiger partial charge >= 0.3 is 5.97 Å². The average Bonchev–Trinajstić information content (AvgIpc) is 3.06. The molecule has 0 aromatic heterocycles. The number of piperidine rings is 1. The first-order chi connectivity index (χ1) is 12.6. The van der Waals surface area contributed by atoms with Gasteiger partial charge in [-0.3, -0.25) is 14.4 Å². The van der Waals surface area contributed by atoms with Crippen LogP contribution in [0, 0.1) is 5.92 Å². The number of amides is 2. The molecule has 0 aliphatic carbocycles. The number of hydrogen-bond donors (Lipinski definition) is 0. The van der Waals surface area contributed by atoms with E-state index in [1.807, 2.05) is 23.1 Å². The summed E-state index contributed by atoms with van der Waals surface area (Å²) in [6, 6.07) is 7.46. The van der Waals surface area contributed by atoms with Gasteiger partial charge in [-0.25, -0.2) is 0 Å². The zero-order chi connectivity index (χ0) is 18.5. The van der Waals surface area contributed by atoms with Gasteiger partial charge in [-0.2, -0.15) is 0 Å². The highest BCUT2D eigenvalue weighted by Gasteiger charge is 2.30. The topological polar surface area (TPSA) is 66.9 Å². The number of likely N-dealkylation sites (tertiary alicyclic amines) is 2. The van der Waals surface area contributed by atoms with Crippen LogP contribution in [0.25, 0.3) is 0 Å². The van der Waals surface area contributed by atoms with Gasteiger partial charge in [0.2, 0.25) is 5.91 Å². The molecule has 2 aliphatic heterocycles. The quantitative estimate of drug-likeness (QED) is 0.757. The number of nitrogens with zero attached hydrogens (tertiary/aromatic N) is 2. The number of hydrogen-bond acceptors (Lipinski definition) is 4. The van der Waals surface area contributed by atoms with Crippen molar-refractivity contribution < 1.29 is 19.1 Å². The van der Waals surface area contributed by atoms with E-state index in [0.717, 1.165) is 31.4 Å². The molecule has 6 heteroatoms. The summed E-state index contributed by atoms with van der Waals surface area (Å²) in [7, 11) is 0. The molecule has 2 fully saturated rings. The normalized spacial score (nSPS) is 20.3. The second-order valence-corrected chi connectivity index (χ2v) is 6.96. The summed E-state index contributed by atoms with van der Waals surface area (Å²) in [5.41, 5.74) is 1.57. The fraction of sp³-hybridized carbons (Fsp3) is 0.550. The van der Waals surface area contributed by atoms with Crippen molar-refractivity contribution >= 4 is 17.8 Å². The lowest BCUT2D eigenvalue weighted by molar-refractivity contribution is -0.149. The molecule has 1 unspecified atom stereocenters. The molecule has 2 amide bonds. The van der Waals surface area contributed by atoms with E-state index in [4.69, 9.17) is 4.74 Å². The van der Waals surface area contributed by atoms with Crippen molar-refractivity contribution in [3.05, 3.63) is 35.4 Å².